The minimum Gasteiger partial charge on any atom is -0.310 e. The highest BCUT2D eigenvalue weighted by Gasteiger charge is 2.30. The van der Waals surface area contributed by atoms with Crippen molar-refractivity contribution in [3.8, 4) is 0 Å². The maximum atomic E-state index is 14.3. The van der Waals surface area contributed by atoms with Gasteiger partial charge in [-0.3, -0.25) is 9.48 Å². The van der Waals surface area contributed by atoms with Crippen molar-refractivity contribution in [3.05, 3.63) is 45.9 Å². The second kappa shape index (κ2) is 5.35. The van der Waals surface area contributed by atoms with Crippen molar-refractivity contribution in [1.82, 2.24) is 9.78 Å². The van der Waals surface area contributed by atoms with Crippen LogP contribution >= 0.6 is 23.4 Å². The number of amides is 1. The molecule has 0 bridgehead atoms. The Balaban J connectivity index is 2.17. The van der Waals surface area contributed by atoms with Crippen LogP contribution < -0.4 is 5.32 Å². The van der Waals surface area contributed by atoms with E-state index in [1.165, 1.54) is 17.8 Å². The Morgan fingerprint density at radius 2 is 2.29 bits per heavy atom. The SMILES string of the molecule is Cc1nn(C)c2c1[C@@H](c1ccc(Cl)cc1F)SCC(=O)N2. The molecular weight excluding hydrogens is 313 g/mol. The zero-order chi connectivity index (χ0) is 15.1. The molecule has 0 saturated carbocycles. The molecule has 2 aromatic rings. The predicted molar refractivity (Wildman–Crippen MR) is 82.3 cm³/mol. The average Bonchev–Trinajstić information content (AvgIpc) is 2.59. The number of rotatable bonds is 1. The van der Waals surface area contributed by atoms with Crippen molar-refractivity contribution in [2.75, 3.05) is 11.1 Å². The summed E-state index contributed by atoms with van der Waals surface area (Å²) < 4.78 is 15.9. The van der Waals surface area contributed by atoms with Gasteiger partial charge in [0, 0.05) is 23.2 Å². The number of nitrogens with zero attached hydrogens (tertiary/aromatic N) is 2. The molecule has 1 aliphatic rings. The van der Waals surface area contributed by atoms with Crippen molar-refractivity contribution in [3.63, 3.8) is 0 Å². The fraction of sp³-hybridized carbons (Fsp3) is 0.286. The van der Waals surface area contributed by atoms with E-state index in [0.717, 1.165) is 11.3 Å². The maximum absolute atomic E-state index is 14.3. The lowest BCUT2D eigenvalue weighted by molar-refractivity contribution is -0.113. The monoisotopic (exact) mass is 325 g/mol. The number of halogens is 2. The Morgan fingerprint density at radius 3 is 3.00 bits per heavy atom. The van der Waals surface area contributed by atoms with E-state index in [9.17, 15) is 9.18 Å². The minimum atomic E-state index is -0.372. The van der Waals surface area contributed by atoms with E-state index < -0.39 is 0 Å². The molecule has 110 valence electrons. The van der Waals surface area contributed by atoms with Crippen LogP contribution in [0.4, 0.5) is 10.2 Å². The molecule has 1 atom stereocenters. The normalized spacial score (nSPS) is 18.1. The van der Waals surface area contributed by atoms with Crippen LogP contribution in [0.25, 0.3) is 0 Å². The number of thioether (sulfide) groups is 1. The number of benzene rings is 1. The van der Waals surface area contributed by atoms with Gasteiger partial charge in [0.1, 0.15) is 11.6 Å². The van der Waals surface area contributed by atoms with E-state index in [4.69, 9.17) is 11.6 Å². The van der Waals surface area contributed by atoms with Gasteiger partial charge in [-0.2, -0.15) is 5.10 Å². The summed E-state index contributed by atoms with van der Waals surface area (Å²) in [6.07, 6.45) is 0. The third-order valence-electron chi connectivity index (χ3n) is 3.41. The summed E-state index contributed by atoms with van der Waals surface area (Å²) in [5.41, 5.74) is 2.13. The van der Waals surface area contributed by atoms with Gasteiger partial charge in [-0.25, -0.2) is 4.39 Å². The average molecular weight is 326 g/mol. The second-order valence-corrected chi connectivity index (χ2v) is 6.41. The molecule has 1 N–H and O–H groups in total. The van der Waals surface area contributed by atoms with E-state index in [1.54, 1.807) is 23.9 Å². The number of fused-ring (bicyclic) bond motifs is 1. The number of aryl methyl sites for hydroxylation is 2. The molecule has 7 heteroatoms. The topological polar surface area (TPSA) is 46.9 Å². The van der Waals surface area contributed by atoms with Crippen LogP contribution in [0.2, 0.25) is 5.02 Å². The largest absolute Gasteiger partial charge is 0.310 e. The fourth-order valence-electron chi connectivity index (χ4n) is 2.51. The molecule has 0 saturated heterocycles. The molecule has 0 aliphatic carbocycles. The molecular formula is C14H13ClFN3OS. The Morgan fingerprint density at radius 1 is 1.52 bits per heavy atom. The number of hydrogen-bond acceptors (Lipinski definition) is 3. The summed E-state index contributed by atoms with van der Waals surface area (Å²) in [7, 11) is 1.76. The molecule has 1 aromatic heterocycles. The van der Waals surface area contributed by atoms with Gasteiger partial charge in [-0.15, -0.1) is 11.8 Å². The Labute approximate surface area is 130 Å². The highest BCUT2D eigenvalue weighted by molar-refractivity contribution is 8.00. The first kappa shape index (κ1) is 14.4. The number of aromatic nitrogens is 2. The van der Waals surface area contributed by atoms with Crippen molar-refractivity contribution < 1.29 is 9.18 Å². The lowest BCUT2D eigenvalue weighted by Gasteiger charge is -2.16. The molecule has 0 spiro atoms. The predicted octanol–water partition coefficient (Wildman–Crippen LogP) is 3.30. The summed E-state index contributed by atoms with van der Waals surface area (Å²) in [6.45, 7) is 1.86. The number of anilines is 1. The van der Waals surface area contributed by atoms with E-state index in [-0.39, 0.29) is 22.7 Å². The number of carbonyl (C=O) groups is 1. The Kier molecular flexibility index (Phi) is 3.67. The Hall–Kier alpha value is -1.53. The third kappa shape index (κ3) is 2.53. The van der Waals surface area contributed by atoms with Gasteiger partial charge < -0.3 is 5.32 Å². The van der Waals surface area contributed by atoms with E-state index >= 15 is 0 Å². The fourth-order valence-corrected chi connectivity index (χ4v) is 3.88. The van der Waals surface area contributed by atoms with Crippen LogP contribution in [0.5, 0.6) is 0 Å². The van der Waals surface area contributed by atoms with Crippen molar-refractivity contribution >= 4 is 35.1 Å². The van der Waals surface area contributed by atoms with Gasteiger partial charge in [-0.1, -0.05) is 17.7 Å². The van der Waals surface area contributed by atoms with E-state index in [0.29, 0.717) is 16.4 Å². The van der Waals surface area contributed by atoms with Crippen LogP contribution in [-0.4, -0.2) is 21.4 Å². The van der Waals surface area contributed by atoms with E-state index in [2.05, 4.69) is 10.4 Å². The summed E-state index contributed by atoms with van der Waals surface area (Å²) in [4.78, 5) is 11.8. The smallest absolute Gasteiger partial charge is 0.235 e. The van der Waals surface area contributed by atoms with Crippen LogP contribution in [0.15, 0.2) is 18.2 Å². The highest BCUT2D eigenvalue weighted by atomic mass is 35.5. The number of nitrogens with one attached hydrogen (secondary N) is 1. The van der Waals surface area contributed by atoms with E-state index in [1.807, 2.05) is 6.92 Å². The lowest BCUT2D eigenvalue weighted by Crippen LogP contribution is -2.15. The zero-order valence-corrected chi connectivity index (χ0v) is 13.1. The molecule has 21 heavy (non-hydrogen) atoms. The molecule has 1 aromatic carbocycles. The van der Waals surface area contributed by atoms with Crippen LogP contribution in [0.3, 0.4) is 0 Å². The van der Waals surface area contributed by atoms with Gasteiger partial charge in [0.25, 0.3) is 0 Å². The zero-order valence-electron chi connectivity index (χ0n) is 11.5. The first-order valence-corrected chi connectivity index (χ1v) is 7.80. The molecule has 0 fully saturated rings. The summed E-state index contributed by atoms with van der Waals surface area (Å²) in [5, 5.41) is 7.23. The molecule has 1 amide bonds. The van der Waals surface area contributed by atoms with Crippen LogP contribution in [0, 0.1) is 12.7 Å². The second-order valence-electron chi connectivity index (χ2n) is 4.88. The molecule has 1 aliphatic heterocycles. The summed E-state index contributed by atoms with van der Waals surface area (Å²) in [5.74, 6) is 0.410. The summed E-state index contributed by atoms with van der Waals surface area (Å²) in [6, 6.07) is 4.62. The quantitative estimate of drug-likeness (QED) is 0.875. The van der Waals surface area contributed by atoms with Crippen LogP contribution in [0.1, 0.15) is 22.1 Å². The van der Waals surface area contributed by atoms with Crippen molar-refractivity contribution in [2.45, 2.75) is 12.2 Å². The Bertz CT molecular complexity index is 731. The maximum Gasteiger partial charge on any atom is 0.235 e. The summed E-state index contributed by atoms with van der Waals surface area (Å²) >= 11 is 7.20. The van der Waals surface area contributed by atoms with Gasteiger partial charge in [0.15, 0.2) is 0 Å². The van der Waals surface area contributed by atoms with Gasteiger partial charge in [0.2, 0.25) is 5.91 Å². The van der Waals surface area contributed by atoms with Crippen LogP contribution in [-0.2, 0) is 11.8 Å². The number of hydrogen-bond donors (Lipinski definition) is 1. The minimum absolute atomic E-state index is 0.110. The molecule has 0 unspecified atom stereocenters. The highest BCUT2D eigenvalue weighted by Crippen LogP contribution is 2.43. The van der Waals surface area contributed by atoms with Gasteiger partial charge in [0.05, 0.1) is 16.7 Å². The molecule has 2 heterocycles. The lowest BCUT2D eigenvalue weighted by atomic mass is 10.0. The molecule has 3 rings (SSSR count). The third-order valence-corrected chi connectivity index (χ3v) is 4.90. The molecule has 0 radical (unpaired) electrons. The first-order chi connectivity index (χ1) is 9.97. The first-order valence-electron chi connectivity index (χ1n) is 6.37. The van der Waals surface area contributed by atoms with Gasteiger partial charge >= 0.3 is 0 Å². The van der Waals surface area contributed by atoms with Crippen molar-refractivity contribution in [2.24, 2.45) is 7.05 Å². The van der Waals surface area contributed by atoms with Crippen molar-refractivity contribution in [1.29, 1.82) is 0 Å². The van der Waals surface area contributed by atoms with Gasteiger partial charge in [-0.05, 0) is 19.1 Å². The standard InChI is InChI=1S/C14H13ClFN3OS/c1-7-12-13(9-4-3-8(15)5-10(9)16)21-6-11(20)17-14(12)19(2)18-7/h3-5,13H,6H2,1-2H3,(H,17,20)/t13-/m1/s1. The molecule has 4 nitrogen and oxygen atoms in total. The number of carbonyl (C=O) groups excluding carboxylic acids is 1.